The molecule has 0 fully saturated rings. The van der Waals surface area contributed by atoms with Gasteiger partial charge in [0, 0.05) is 10.9 Å². The first-order chi connectivity index (χ1) is 13.2. The van der Waals surface area contributed by atoms with Crippen molar-refractivity contribution in [1.82, 2.24) is 4.98 Å². The van der Waals surface area contributed by atoms with Crippen molar-refractivity contribution in [1.29, 1.82) is 0 Å². The molecular formula is C20H19BrN2O3S. The number of hydrogen-bond acceptors (Lipinski definition) is 5. The Kier molecular flexibility index (Phi) is 6.84. The minimum atomic E-state index is -0.255. The van der Waals surface area contributed by atoms with Crippen LogP contribution in [0.1, 0.15) is 13.3 Å². The fraction of sp³-hybridized carbons (Fsp3) is 0.200. The van der Waals surface area contributed by atoms with Crippen LogP contribution in [0.2, 0.25) is 0 Å². The van der Waals surface area contributed by atoms with E-state index < -0.39 is 0 Å². The zero-order valence-corrected chi connectivity index (χ0v) is 17.2. The molecular weight excluding hydrogens is 428 g/mol. The van der Waals surface area contributed by atoms with E-state index in [9.17, 15) is 4.79 Å². The van der Waals surface area contributed by atoms with Gasteiger partial charge in [0.2, 0.25) is 0 Å². The number of carbonyl (C=O) groups excluding carboxylic acids is 1. The molecule has 140 valence electrons. The predicted octanol–water partition coefficient (Wildman–Crippen LogP) is 5.38. The lowest BCUT2D eigenvalue weighted by atomic mass is 10.2. The SMILES string of the molecule is CCCOc1ccc(-c2csc(NC(=O)COc3ccccc3Br)n2)cc1. The monoisotopic (exact) mass is 446 g/mol. The minimum absolute atomic E-state index is 0.0824. The maximum Gasteiger partial charge on any atom is 0.264 e. The molecule has 3 aromatic rings. The van der Waals surface area contributed by atoms with Crippen LogP contribution in [0.3, 0.4) is 0 Å². The van der Waals surface area contributed by atoms with Gasteiger partial charge in [-0.2, -0.15) is 0 Å². The molecule has 3 rings (SSSR count). The largest absolute Gasteiger partial charge is 0.494 e. The van der Waals surface area contributed by atoms with Crippen molar-refractivity contribution in [3.05, 3.63) is 58.4 Å². The first kappa shape index (κ1) is 19.4. The van der Waals surface area contributed by atoms with Crippen LogP contribution < -0.4 is 14.8 Å². The second-order valence-corrected chi connectivity index (χ2v) is 7.39. The Balaban J connectivity index is 1.55. The average Bonchev–Trinajstić information content (AvgIpc) is 3.14. The van der Waals surface area contributed by atoms with Gasteiger partial charge in [0.15, 0.2) is 11.7 Å². The van der Waals surface area contributed by atoms with Gasteiger partial charge in [-0.3, -0.25) is 10.1 Å². The van der Waals surface area contributed by atoms with Gasteiger partial charge in [0.05, 0.1) is 16.8 Å². The highest BCUT2D eigenvalue weighted by molar-refractivity contribution is 9.10. The van der Waals surface area contributed by atoms with Crippen LogP contribution in [0.4, 0.5) is 5.13 Å². The Morgan fingerprint density at radius 2 is 1.93 bits per heavy atom. The Morgan fingerprint density at radius 1 is 1.15 bits per heavy atom. The zero-order chi connectivity index (χ0) is 19.1. The number of halogens is 1. The first-order valence-electron chi connectivity index (χ1n) is 8.51. The molecule has 0 unspecified atom stereocenters. The third-order valence-electron chi connectivity index (χ3n) is 3.57. The van der Waals surface area contributed by atoms with Crippen molar-refractivity contribution in [2.24, 2.45) is 0 Å². The quantitative estimate of drug-likeness (QED) is 0.504. The van der Waals surface area contributed by atoms with Gasteiger partial charge in [-0.05, 0) is 58.7 Å². The number of amides is 1. The lowest BCUT2D eigenvalue weighted by Crippen LogP contribution is -2.20. The van der Waals surface area contributed by atoms with Gasteiger partial charge in [-0.15, -0.1) is 11.3 Å². The molecule has 7 heteroatoms. The number of para-hydroxylation sites is 1. The van der Waals surface area contributed by atoms with E-state index in [4.69, 9.17) is 9.47 Å². The fourth-order valence-corrected chi connectivity index (χ4v) is 3.40. The molecule has 0 saturated carbocycles. The highest BCUT2D eigenvalue weighted by Crippen LogP contribution is 2.27. The van der Waals surface area contributed by atoms with E-state index in [1.165, 1.54) is 11.3 Å². The minimum Gasteiger partial charge on any atom is -0.494 e. The first-order valence-corrected chi connectivity index (χ1v) is 10.2. The van der Waals surface area contributed by atoms with E-state index in [0.29, 0.717) is 17.5 Å². The topological polar surface area (TPSA) is 60.5 Å². The summed E-state index contributed by atoms with van der Waals surface area (Å²) in [6.45, 7) is 2.69. The van der Waals surface area contributed by atoms with Gasteiger partial charge in [-0.25, -0.2) is 4.98 Å². The highest BCUT2D eigenvalue weighted by Gasteiger charge is 2.10. The third kappa shape index (κ3) is 5.55. The number of benzene rings is 2. The highest BCUT2D eigenvalue weighted by atomic mass is 79.9. The van der Waals surface area contributed by atoms with Crippen molar-refractivity contribution in [2.45, 2.75) is 13.3 Å². The van der Waals surface area contributed by atoms with Crippen molar-refractivity contribution in [3.8, 4) is 22.8 Å². The molecule has 0 aliphatic carbocycles. The van der Waals surface area contributed by atoms with Gasteiger partial charge >= 0.3 is 0 Å². The second kappa shape index (κ2) is 9.53. The lowest BCUT2D eigenvalue weighted by molar-refractivity contribution is -0.118. The molecule has 5 nitrogen and oxygen atoms in total. The van der Waals surface area contributed by atoms with Crippen LogP contribution in [0.25, 0.3) is 11.3 Å². The second-order valence-electron chi connectivity index (χ2n) is 5.68. The van der Waals surface area contributed by atoms with Crippen molar-refractivity contribution < 1.29 is 14.3 Å². The molecule has 0 spiro atoms. The summed E-state index contributed by atoms with van der Waals surface area (Å²) >= 11 is 4.76. The molecule has 0 bridgehead atoms. The van der Waals surface area contributed by atoms with Gasteiger partial charge in [0.1, 0.15) is 11.5 Å². The number of anilines is 1. The van der Waals surface area contributed by atoms with Crippen LogP contribution in [-0.4, -0.2) is 24.1 Å². The Bertz CT molecular complexity index is 896. The molecule has 0 radical (unpaired) electrons. The number of nitrogens with zero attached hydrogens (tertiary/aromatic N) is 1. The van der Waals surface area contributed by atoms with Crippen LogP contribution in [-0.2, 0) is 4.79 Å². The van der Waals surface area contributed by atoms with Crippen LogP contribution in [0, 0.1) is 0 Å². The van der Waals surface area contributed by atoms with Gasteiger partial charge in [0.25, 0.3) is 5.91 Å². The fourth-order valence-electron chi connectivity index (χ4n) is 2.27. The summed E-state index contributed by atoms with van der Waals surface area (Å²) in [6, 6.07) is 15.2. The number of aromatic nitrogens is 1. The number of nitrogens with one attached hydrogen (secondary N) is 1. The molecule has 2 aromatic carbocycles. The zero-order valence-electron chi connectivity index (χ0n) is 14.8. The van der Waals surface area contributed by atoms with E-state index in [1.807, 2.05) is 47.8 Å². The summed E-state index contributed by atoms with van der Waals surface area (Å²) in [5, 5.41) is 5.21. The van der Waals surface area contributed by atoms with Gasteiger partial charge in [-0.1, -0.05) is 19.1 Å². The summed E-state index contributed by atoms with van der Waals surface area (Å²) in [4.78, 5) is 16.6. The Hall–Kier alpha value is -2.38. The standard InChI is InChI=1S/C20H19BrN2O3S/c1-2-11-25-15-9-7-14(8-10-15)17-13-27-20(22-17)23-19(24)12-26-18-6-4-3-5-16(18)21/h3-10,13H,2,11-12H2,1H3,(H,22,23,24). The van der Waals surface area contributed by atoms with Crippen molar-refractivity contribution in [3.63, 3.8) is 0 Å². The third-order valence-corrected chi connectivity index (χ3v) is 4.98. The maximum absolute atomic E-state index is 12.1. The van der Waals surface area contributed by atoms with E-state index in [0.717, 1.165) is 27.9 Å². The summed E-state index contributed by atoms with van der Waals surface area (Å²) in [5.41, 5.74) is 1.78. The molecule has 0 aliphatic rings. The number of rotatable bonds is 8. The molecule has 0 aliphatic heterocycles. The number of hydrogen-bond donors (Lipinski definition) is 1. The van der Waals surface area contributed by atoms with Crippen LogP contribution >= 0.6 is 27.3 Å². The molecule has 27 heavy (non-hydrogen) atoms. The Labute approximate surface area is 170 Å². The molecule has 1 amide bonds. The van der Waals surface area contributed by atoms with Crippen molar-refractivity contribution >= 4 is 38.3 Å². The van der Waals surface area contributed by atoms with E-state index in [-0.39, 0.29) is 12.5 Å². The van der Waals surface area contributed by atoms with Crippen LogP contribution in [0.5, 0.6) is 11.5 Å². The van der Waals surface area contributed by atoms with Crippen LogP contribution in [0.15, 0.2) is 58.4 Å². The summed E-state index contributed by atoms with van der Waals surface area (Å²) < 4.78 is 11.9. The normalized spacial score (nSPS) is 10.4. The number of thiazole rings is 1. The molecule has 1 N–H and O–H groups in total. The smallest absolute Gasteiger partial charge is 0.264 e. The van der Waals surface area contributed by atoms with Crippen molar-refractivity contribution in [2.75, 3.05) is 18.5 Å². The van der Waals surface area contributed by atoms with E-state index in [1.54, 1.807) is 6.07 Å². The summed E-state index contributed by atoms with van der Waals surface area (Å²) in [5.74, 6) is 1.21. The molecule has 1 heterocycles. The van der Waals surface area contributed by atoms with Gasteiger partial charge < -0.3 is 9.47 Å². The van der Waals surface area contributed by atoms with E-state index in [2.05, 4.69) is 33.2 Å². The molecule has 0 saturated heterocycles. The maximum atomic E-state index is 12.1. The molecule has 1 aromatic heterocycles. The predicted molar refractivity (Wildman–Crippen MR) is 112 cm³/mol. The summed E-state index contributed by atoms with van der Waals surface area (Å²) in [6.07, 6.45) is 0.974. The number of carbonyl (C=O) groups is 1. The average molecular weight is 447 g/mol. The summed E-state index contributed by atoms with van der Waals surface area (Å²) in [7, 11) is 0. The van der Waals surface area contributed by atoms with E-state index >= 15 is 0 Å². The Morgan fingerprint density at radius 3 is 2.67 bits per heavy atom. The lowest BCUT2D eigenvalue weighted by Gasteiger charge is -2.07. The molecule has 0 atom stereocenters. The number of ether oxygens (including phenoxy) is 2.